The fraction of sp³-hybridized carbons (Fsp3) is 0.345. The smallest absolute Gasteiger partial charge is 0.138 e. The molecule has 1 N–H and O–H groups in total. The van der Waals surface area contributed by atoms with Gasteiger partial charge in [0.15, 0.2) is 0 Å². The highest BCUT2D eigenvalue weighted by Gasteiger charge is 2.21. The largest absolute Gasteiger partial charge is 0.489 e. The Morgan fingerprint density at radius 3 is 2.56 bits per heavy atom. The summed E-state index contributed by atoms with van der Waals surface area (Å²) >= 11 is 0. The van der Waals surface area contributed by atoms with Crippen molar-refractivity contribution in [2.45, 2.75) is 38.7 Å². The topological polar surface area (TPSA) is 86.7 Å². The van der Waals surface area contributed by atoms with Crippen LogP contribution in [0.5, 0.6) is 5.75 Å². The first kappa shape index (κ1) is 23.8. The van der Waals surface area contributed by atoms with E-state index in [1.54, 1.807) is 30.8 Å². The third kappa shape index (κ3) is 5.34. The second kappa shape index (κ2) is 10.00. The maximum atomic E-state index is 10.1. The molecule has 0 atom stereocenters. The molecule has 1 fully saturated rings. The van der Waals surface area contributed by atoms with E-state index in [9.17, 15) is 10.4 Å². The number of fused-ring (bicyclic) bond motifs is 1. The van der Waals surface area contributed by atoms with Crippen molar-refractivity contribution in [1.82, 2.24) is 14.6 Å². The monoisotopic (exact) mass is 481 g/mol. The molecule has 1 aliphatic rings. The van der Waals surface area contributed by atoms with E-state index >= 15 is 0 Å². The SMILES string of the molecule is CC(C)(O)COc1cc(-c2ccc(N3CCC(Cc4ccccc4)CC3)nc2)c2c(C#N)cnn2c1. The summed E-state index contributed by atoms with van der Waals surface area (Å²) in [6.07, 6.45) is 8.58. The Hall–Kier alpha value is -3.89. The zero-order valence-electron chi connectivity index (χ0n) is 20.8. The Balaban J connectivity index is 1.34. The van der Waals surface area contributed by atoms with E-state index in [0.29, 0.717) is 22.7 Å². The summed E-state index contributed by atoms with van der Waals surface area (Å²) in [5.74, 6) is 2.24. The van der Waals surface area contributed by atoms with Crippen LogP contribution in [-0.2, 0) is 6.42 Å². The molecule has 0 spiro atoms. The minimum atomic E-state index is -0.963. The van der Waals surface area contributed by atoms with Crippen LogP contribution in [0.3, 0.4) is 0 Å². The molecule has 1 aliphatic heterocycles. The molecular formula is C29H31N5O2. The number of pyridine rings is 2. The van der Waals surface area contributed by atoms with Gasteiger partial charge in [0.1, 0.15) is 24.2 Å². The molecular weight excluding hydrogens is 450 g/mol. The summed E-state index contributed by atoms with van der Waals surface area (Å²) in [5, 5.41) is 24.0. The van der Waals surface area contributed by atoms with Gasteiger partial charge in [-0.15, -0.1) is 0 Å². The van der Waals surface area contributed by atoms with Gasteiger partial charge in [0.2, 0.25) is 0 Å². The van der Waals surface area contributed by atoms with E-state index in [0.717, 1.165) is 49.3 Å². The quantitative estimate of drug-likeness (QED) is 0.405. The standard InChI is InChI=1S/C29H31N5O2/c1-29(2,35)20-36-25-15-26(28-24(16-30)18-32-34(28)19-25)23-8-9-27(31-17-23)33-12-10-22(11-13-33)14-21-6-4-3-5-7-21/h3-9,15,17-19,22,35H,10-14,20H2,1-2H3. The lowest BCUT2D eigenvalue weighted by Gasteiger charge is -2.33. The number of nitriles is 1. The summed E-state index contributed by atoms with van der Waals surface area (Å²) in [5.41, 5.74) is 3.35. The number of hydrogen-bond donors (Lipinski definition) is 1. The van der Waals surface area contributed by atoms with Crippen LogP contribution in [0.1, 0.15) is 37.8 Å². The van der Waals surface area contributed by atoms with Gasteiger partial charge in [-0.3, -0.25) is 0 Å². The molecule has 3 aromatic heterocycles. The van der Waals surface area contributed by atoms with Crippen LogP contribution < -0.4 is 9.64 Å². The van der Waals surface area contributed by atoms with E-state index in [1.165, 1.54) is 5.56 Å². The first-order chi connectivity index (χ1) is 17.4. The van der Waals surface area contributed by atoms with Crippen molar-refractivity contribution in [2.75, 3.05) is 24.6 Å². The van der Waals surface area contributed by atoms with Crippen LogP contribution in [0, 0.1) is 17.2 Å². The first-order valence-corrected chi connectivity index (χ1v) is 12.4. The van der Waals surface area contributed by atoms with Crippen LogP contribution >= 0.6 is 0 Å². The molecule has 0 bridgehead atoms. The summed E-state index contributed by atoms with van der Waals surface area (Å²) in [7, 11) is 0. The average molecular weight is 482 g/mol. The fourth-order valence-electron chi connectivity index (χ4n) is 4.78. The number of ether oxygens (including phenoxy) is 1. The molecule has 0 saturated carbocycles. The number of rotatable bonds is 7. The lowest BCUT2D eigenvalue weighted by atomic mass is 9.90. The second-order valence-electron chi connectivity index (χ2n) is 10.2. The van der Waals surface area contributed by atoms with Crippen LogP contribution in [0.4, 0.5) is 5.82 Å². The summed E-state index contributed by atoms with van der Waals surface area (Å²) < 4.78 is 7.48. The predicted octanol–water partition coefficient (Wildman–Crippen LogP) is 4.88. The zero-order chi connectivity index (χ0) is 25.1. The van der Waals surface area contributed by atoms with Crippen molar-refractivity contribution in [3.8, 4) is 22.9 Å². The molecule has 4 heterocycles. The molecule has 184 valence electrons. The molecule has 7 nitrogen and oxygen atoms in total. The van der Waals surface area contributed by atoms with Gasteiger partial charge in [-0.05, 0) is 62.8 Å². The Morgan fingerprint density at radius 2 is 1.89 bits per heavy atom. The molecule has 4 aromatic rings. The molecule has 7 heteroatoms. The lowest BCUT2D eigenvalue weighted by Crippen LogP contribution is -2.34. The van der Waals surface area contributed by atoms with Gasteiger partial charge in [0.25, 0.3) is 0 Å². The van der Waals surface area contributed by atoms with Gasteiger partial charge in [0, 0.05) is 30.4 Å². The van der Waals surface area contributed by atoms with Crippen LogP contribution in [0.15, 0.2) is 67.1 Å². The Kier molecular flexibility index (Phi) is 6.62. The van der Waals surface area contributed by atoms with Gasteiger partial charge in [-0.1, -0.05) is 30.3 Å². The molecule has 1 saturated heterocycles. The summed E-state index contributed by atoms with van der Waals surface area (Å²) in [6, 6.07) is 18.9. The molecule has 0 unspecified atom stereocenters. The number of benzene rings is 1. The van der Waals surface area contributed by atoms with E-state index in [-0.39, 0.29) is 6.61 Å². The fourth-order valence-corrected chi connectivity index (χ4v) is 4.78. The minimum Gasteiger partial charge on any atom is -0.489 e. The second-order valence-corrected chi connectivity index (χ2v) is 10.2. The average Bonchev–Trinajstić information content (AvgIpc) is 3.31. The summed E-state index contributed by atoms with van der Waals surface area (Å²) in [4.78, 5) is 7.13. The number of piperidine rings is 1. The van der Waals surface area contributed by atoms with E-state index in [2.05, 4.69) is 52.5 Å². The molecule has 0 radical (unpaired) electrons. The van der Waals surface area contributed by atoms with E-state index in [4.69, 9.17) is 9.72 Å². The Bertz CT molecular complexity index is 1360. The summed E-state index contributed by atoms with van der Waals surface area (Å²) in [6.45, 7) is 5.52. The minimum absolute atomic E-state index is 0.141. The normalized spacial score (nSPS) is 14.7. The van der Waals surface area contributed by atoms with Gasteiger partial charge in [-0.25, -0.2) is 9.50 Å². The van der Waals surface area contributed by atoms with E-state index < -0.39 is 5.60 Å². The van der Waals surface area contributed by atoms with Crippen LogP contribution in [0.25, 0.3) is 16.6 Å². The number of aromatic nitrogens is 3. The third-order valence-corrected chi connectivity index (χ3v) is 6.66. The van der Waals surface area contributed by atoms with Crippen molar-refractivity contribution in [3.63, 3.8) is 0 Å². The Morgan fingerprint density at radius 1 is 1.11 bits per heavy atom. The predicted molar refractivity (Wildman–Crippen MR) is 140 cm³/mol. The van der Waals surface area contributed by atoms with Crippen LogP contribution in [-0.4, -0.2) is 45.0 Å². The van der Waals surface area contributed by atoms with Crippen molar-refractivity contribution in [2.24, 2.45) is 5.92 Å². The highest BCUT2D eigenvalue weighted by atomic mass is 16.5. The molecule has 5 rings (SSSR count). The maximum Gasteiger partial charge on any atom is 0.138 e. The number of anilines is 1. The van der Waals surface area contributed by atoms with Crippen molar-refractivity contribution in [3.05, 3.63) is 78.2 Å². The molecule has 36 heavy (non-hydrogen) atoms. The van der Waals surface area contributed by atoms with Gasteiger partial charge in [0.05, 0.1) is 29.1 Å². The molecule has 0 aliphatic carbocycles. The lowest BCUT2D eigenvalue weighted by molar-refractivity contribution is 0.0283. The number of nitrogens with zero attached hydrogens (tertiary/aromatic N) is 5. The third-order valence-electron chi connectivity index (χ3n) is 6.66. The van der Waals surface area contributed by atoms with Gasteiger partial charge >= 0.3 is 0 Å². The van der Waals surface area contributed by atoms with Crippen molar-refractivity contribution >= 4 is 11.3 Å². The molecule has 0 amide bonds. The van der Waals surface area contributed by atoms with Crippen molar-refractivity contribution in [1.29, 1.82) is 5.26 Å². The zero-order valence-corrected chi connectivity index (χ0v) is 20.8. The maximum absolute atomic E-state index is 10.1. The van der Waals surface area contributed by atoms with E-state index in [1.807, 2.05) is 18.3 Å². The Labute approximate surface area is 211 Å². The van der Waals surface area contributed by atoms with Crippen LogP contribution in [0.2, 0.25) is 0 Å². The first-order valence-electron chi connectivity index (χ1n) is 12.4. The number of aliphatic hydroxyl groups is 1. The highest BCUT2D eigenvalue weighted by molar-refractivity contribution is 5.85. The molecule has 1 aromatic carbocycles. The number of hydrogen-bond acceptors (Lipinski definition) is 6. The van der Waals surface area contributed by atoms with Gasteiger partial charge in [-0.2, -0.15) is 10.4 Å². The van der Waals surface area contributed by atoms with Gasteiger partial charge < -0.3 is 14.7 Å². The highest BCUT2D eigenvalue weighted by Crippen LogP contribution is 2.32. The van der Waals surface area contributed by atoms with Crippen molar-refractivity contribution < 1.29 is 9.84 Å².